The molecule has 2 aromatic heterocycles. The number of nitrogens with zero attached hydrogens (tertiary/aromatic N) is 7. The highest BCUT2D eigenvalue weighted by atomic mass is 35.5. The molecular formula is C55H67Cl2N9O7. The van der Waals surface area contributed by atoms with Gasteiger partial charge in [-0.25, -0.2) is 4.98 Å². The first-order valence-corrected chi connectivity index (χ1v) is 25.5. The average molecular weight is 1040 g/mol. The molecule has 3 aromatic carbocycles. The van der Waals surface area contributed by atoms with Gasteiger partial charge < -0.3 is 44.3 Å². The molecule has 6 atom stereocenters. The van der Waals surface area contributed by atoms with Crippen LogP contribution in [-0.2, 0) is 61.7 Å². The van der Waals surface area contributed by atoms with Crippen molar-refractivity contribution in [2.24, 2.45) is 13.0 Å². The standard InChI is InChI=1S/C55H67Cl2N9O7/c1-35-53(69)61-46(34-72-7)55(71)63(4)43(26-36-14-19-41(56)20-15-36)29-51(67)60-45-12-8-9-13-47(45)65(6)54(70)40(25-37-11-10-24-58-30-37)27-52(68)66(35)32-39-16-21-42(57)28-49(39)73-44-22-17-38(18-23-44)48-31-59-50(64(48)5)33-62(2)3/h10-11,14-24,28,30-31,35,40,43,45-47H,8-9,12-13,25-27,29,32-34H2,1-7H3,(H,60,67)(H,61,69)/t35-,40+,43-,45-,46-,47-/m0/s1. The first-order chi connectivity index (χ1) is 35.0. The minimum Gasteiger partial charge on any atom is -0.457 e. The van der Waals surface area contributed by atoms with Crippen LogP contribution in [0.2, 0.25) is 10.0 Å². The van der Waals surface area contributed by atoms with Crippen molar-refractivity contribution in [3.8, 4) is 22.8 Å². The Labute approximate surface area is 438 Å². The summed E-state index contributed by atoms with van der Waals surface area (Å²) >= 11 is 12.9. The maximum Gasteiger partial charge on any atom is 0.247 e. The van der Waals surface area contributed by atoms with Gasteiger partial charge in [0.25, 0.3) is 0 Å². The van der Waals surface area contributed by atoms with Gasteiger partial charge in [0.1, 0.15) is 29.4 Å². The summed E-state index contributed by atoms with van der Waals surface area (Å²) in [5.74, 6) is -1.27. The third kappa shape index (κ3) is 14.0. The molecule has 1 aliphatic carbocycles. The second-order valence-corrected chi connectivity index (χ2v) is 20.4. The molecule has 18 heteroatoms. The predicted molar refractivity (Wildman–Crippen MR) is 281 cm³/mol. The first-order valence-electron chi connectivity index (χ1n) is 24.8. The van der Waals surface area contributed by atoms with Gasteiger partial charge in [0, 0.05) is 86.7 Å². The van der Waals surface area contributed by atoms with Gasteiger partial charge in [0.15, 0.2) is 0 Å². The quantitative estimate of drug-likeness (QED) is 0.124. The molecule has 2 aliphatic rings. The molecule has 1 saturated heterocycles. The van der Waals surface area contributed by atoms with Crippen LogP contribution in [0.15, 0.2) is 97.5 Å². The maximum absolute atomic E-state index is 15.2. The Hall–Kier alpha value is -6.33. The number of halogens is 2. The predicted octanol–water partition coefficient (Wildman–Crippen LogP) is 7.10. The van der Waals surface area contributed by atoms with Gasteiger partial charge >= 0.3 is 0 Å². The minimum atomic E-state index is -1.20. The number of aromatic nitrogens is 3. The van der Waals surface area contributed by atoms with E-state index in [-0.39, 0.29) is 56.3 Å². The number of likely N-dealkylation sites (N-methyl/N-ethyl adjacent to an activating group) is 2. The second kappa shape index (κ2) is 25.1. The van der Waals surface area contributed by atoms with Gasteiger partial charge in [-0.1, -0.05) is 60.3 Å². The normalized spacial score (nSPS) is 21.9. The van der Waals surface area contributed by atoms with Gasteiger partial charge in [-0.2, -0.15) is 0 Å². The Kier molecular flexibility index (Phi) is 18.7. The van der Waals surface area contributed by atoms with E-state index >= 15 is 9.59 Å². The van der Waals surface area contributed by atoms with Crippen molar-refractivity contribution >= 4 is 52.7 Å². The van der Waals surface area contributed by atoms with Crippen molar-refractivity contribution in [2.75, 3.05) is 41.9 Å². The van der Waals surface area contributed by atoms with Crippen molar-refractivity contribution in [3.63, 3.8) is 0 Å². The lowest BCUT2D eigenvalue weighted by Gasteiger charge is -2.40. The number of carbonyl (C=O) groups excluding carboxylic acids is 5. The smallest absolute Gasteiger partial charge is 0.247 e. The molecule has 1 saturated carbocycles. The third-order valence-electron chi connectivity index (χ3n) is 14.0. The number of rotatable bonds is 13. The van der Waals surface area contributed by atoms with E-state index < -0.39 is 41.8 Å². The summed E-state index contributed by atoms with van der Waals surface area (Å²) in [6, 6.07) is 19.7. The number of benzene rings is 3. The number of pyridine rings is 1. The number of methoxy groups -OCH3 is 1. The van der Waals surface area contributed by atoms with Gasteiger partial charge in [0.05, 0.1) is 43.5 Å². The molecule has 5 aromatic rings. The van der Waals surface area contributed by atoms with Crippen LogP contribution in [0.25, 0.3) is 11.3 Å². The van der Waals surface area contributed by atoms with Crippen LogP contribution in [0.1, 0.15) is 68.0 Å². The van der Waals surface area contributed by atoms with Crippen LogP contribution >= 0.6 is 23.2 Å². The summed E-state index contributed by atoms with van der Waals surface area (Å²) in [5.41, 5.74) is 4.01. The van der Waals surface area contributed by atoms with Crippen molar-refractivity contribution in [2.45, 2.75) is 102 Å². The van der Waals surface area contributed by atoms with Gasteiger partial charge in [0.2, 0.25) is 29.5 Å². The molecule has 0 radical (unpaired) electrons. The molecule has 16 nitrogen and oxygen atoms in total. The van der Waals surface area contributed by atoms with Crippen molar-refractivity contribution in [3.05, 3.63) is 130 Å². The van der Waals surface area contributed by atoms with E-state index in [1.54, 1.807) is 74.7 Å². The van der Waals surface area contributed by atoms with E-state index in [2.05, 4.69) is 30.1 Å². The van der Waals surface area contributed by atoms with Gasteiger partial charge in [-0.05, 0) is 112 Å². The van der Waals surface area contributed by atoms with Gasteiger partial charge in [-0.3, -0.25) is 29.0 Å². The zero-order valence-electron chi connectivity index (χ0n) is 42.7. The van der Waals surface area contributed by atoms with Crippen LogP contribution in [0.5, 0.6) is 11.5 Å². The SMILES string of the molecule is COC[C@@H]1NC(=O)[C@H](C)N(Cc2ccc(Cl)cc2Oc2ccc(-c3cnc(CN(C)C)n3C)cc2)C(=O)C[C@@H](Cc2cccnc2)C(=O)N(C)[C@H]2CCCC[C@@H]2NC(=O)C[C@H](Cc2ccc(Cl)cc2)N(C)C1=O. The molecule has 2 N–H and O–H groups in total. The number of imidazole rings is 1. The topological polar surface area (TPSA) is 172 Å². The zero-order chi connectivity index (χ0) is 52.3. The highest BCUT2D eigenvalue weighted by Crippen LogP contribution is 2.33. The fraction of sp³-hybridized carbons (Fsp3) is 0.436. The molecular weight excluding hydrogens is 970 g/mol. The molecule has 0 spiro atoms. The number of ether oxygens (including phenoxy) is 2. The van der Waals surface area contributed by atoms with E-state index in [1.807, 2.05) is 69.8 Å². The lowest BCUT2D eigenvalue weighted by molar-refractivity contribution is -0.147. The highest BCUT2D eigenvalue weighted by molar-refractivity contribution is 6.31. The summed E-state index contributed by atoms with van der Waals surface area (Å²) in [6.07, 6.45) is 8.30. The molecule has 0 unspecified atom stereocenters. The maximum atomic E-state index is 15.2. The average Bonchev–Trinajstić information content (AvgIpc) is 3.73. The summed E-state index contributed by atoms with van der Waals surface area (Å²) in [5, 5.41) is 7.05. The Bertz CT molecular complexity index is 2700. The largest absolute Gasteiger partial charge is 0.457 e. The third-order valence-corrected chi connectivity index (χ3v) is 14.5. The Morgan fingerprint density at radius 1 is 0.795 bits per heavy atom. The summed E-state index contributed by atoms with van der Waals surface area (Å²) < 4.78 is 14.1. The van der Waals surface area contributed by atoms with Crippen LogP contribution in [0.3, 0.4) is 0 Å². The summed E-state index contributed by atoms with van der Waals surface area (Å²) in [6.45, 7) is 1.95. The molecule has 388 valence electrons. The monoisotopic (exact) mass is 1040 g/mol. The molecule has 3 heterocycles. The Balaban J connectivity index is 1.25. The highest BCUT2D eigenvalue weighted by Gasteiger charge is 2.39. The fourth-order valence-electron chi connectivity index (χ4n) is 9.84. The molecule has 5 amide bonds. The summed E-state index contributed by atoms with van der Waals surface area (Å²) in [7, 11) is 10.7. The number of carbonyl (C=O) groups is 5. The molecule has 2 fully saturated rings. The Morgan fingerprint density at radius 2 is 1.52 bits per heavy atom. The first kappa shape index (κ1) is 54.4. The number of nitrogens with one attached hydrogen (secondary N) is 2. The molecule has 7 rings (SSSR count). The van der Waals surface area contributed by atoms with Crippen molar-refractivity contribution in [1.29, 1.82) is 0 Å². The lowest BCUT2D eigenvalue weighted by atomic mass is 9.87. The molecule has 0 bridgehead atoms. The van der Waals surface area contributed by atoms with Crippen LogP contribution in [-0.4, -0.2) is 136 Å². The van der Waals surface area contributed by atoms with Gasteiger partial charge in [-0.15, -0.1) is 0 Å². The number of hydrogen-bond acceptors (Lipinski definition) is 10. The van der Waals surface area contributed by atoms with Crippen molar-refractivity contribution in [1.82, 2.24) is 44.8 Å². The van der Waals surface area contributed by atoms with E-state index in [0.29, 0.717) is 52.9 Å². The second-order valence-electron chi connectivity index (χ2n) is 19.5. The number of hydrogen-bond donors (Lipinski definition) is 2. The Morgan fingerprint density at radius 3 is 2.22 bits per heavy atom. The molecule has 73 heavy (non-hydrogen) atoms. The van der Waals surface area contributed by atoms with E-state index in [9.17, 15) is 14.4 Å². The number of amides is 5. The fourth-order valence-corrected chi connectivity index (χ4v) is 10.1. The summed E-state index contributed by atoms with van der Waals surface area (Å²) in [4.78, 5) is 89.3. The minimum absolute atomic E-state index is 0.0559. The molecule has 1 aliphatic heterocycles. The van der Waals surface area contributed by atoms with E-state index in [0.717, 1.165) is 41.1 Å². The van der Waals surface area contributed by atoms with E-state index in [1.165, 1.54) is 16.9 Å². The van der Waals surface area contributed by atoms with Crippen LogP contribution in [0.4, 0.5) is 0 Å². The van der Waals surface area contributed by atoms with Crippen LogP contribution in [0, 0.1) is 5.92 Å². The van der Waals surface area contributed by atoms with Crippen molar-refractivity contribution < 1.29 is 33.4 Å². The van der Waals surface area contributed by atoms with Crippen LogP contribution < -0.4 is 15.4 Å². The zero-order valence-corrected chi connectivity index (χ0v) is 44.2. The lowest BCUT2D eigenvalue weighted by Crippen LogP contribution is -2.58. The van der Waals surface area contributed by atoms with E-state index in [4.69, 9.17) is 32.7 Å². The number of fused-ring (bicyclic) bond motifs is 1.